The molecule has 2 unspecified atom stereocenters. The molecule has 0 radical (unpaired) electrons. The van der Waals surface area contributed by atoms with Gasteiger partial charge in [-0.15, -0.1) is 0 Å². The fourth-order valence-electron chi connectivity index (χ4n) is 2.27. The normalized spacial score (nSPS) is 26.7. The monoisotopic (exact) mass is 256 g/mol. The summed E-state index contributed by atoms with van der Waals surface area (Å²) in [6.45, 7) is 3.33. The number of rotatable bonds is 5. The van der Waals surface area contributed by atoms with Gasteiger partial charge in [-0.3, -0.25) is 14.4 Å². The Hall–Kier alpha value is -1.59. The molecule has 1 fully saturated rings. The second-order valence-corrected chi connectivity index (χ2v) is 4.97. The van der Waals surface area contributed by atoms with Gasteiger partial charge in [0, 0.05) is 25.9 Å². The molecular weight excluding hydrogens is 236 g/mol. The van der Waals surface area contributed by atoms with Crippen molar-refractivity contribution in [1.29, 1.82) is 0 Å². The van der Waals surface area contributed by atoms with Crippen molar-refractivity contribution in [2.24, 2.45) is 5.41 Å². The SMILES string of the molecule is CC(=O)NCCC(=O)NC1CCCC1(C)C(=O)O. The predicted molar refractivity (Wildman–Crippen MR) is 64.8 cm³/mol. The average molecular weight is 256 g/mol. The molecule has 3 N–H and O–H groups in total. The second kappa shape index (κ2) is 5.84. The van der Waals surface area contributed by atoms with Crippen LogP contribution in [-0.2, 0) is 14.4 Å². The summed E-state index contributed by atoms with van der Waals surface area (Å²) < 4.78 is 0. The van der Waals surface area contributed by atoms with Gasteiger partial charge in [0.15, 0.2) is 0 Å². The maximum atomic E-state index is 11.6. The lowest BCUT2D eigenvalue weighted by Gasteiger charge is -2.27. The standard InChI is InChI=1S/C12H20N2O4/c1-8(15)13-7-5-10(16)14-9-4-3-6-12(9,2)11(17)18/h9H,3-7H2,1-2H3,(H,13,15)(H,14,16)(H,17,18). The van der Waals surface area contributed by atoms with Crippen LogP contribution in [0, 0.1) is 5.41 Å². The lowest BCUT2D eigenvalue weighted by molar-refractivity contribution is -0.149. The Kier molecular flexibility index (Phi) is 4.69. The third kappa shape index (κ3) is 3.45. The van der Waals surface area contributed by atoms with Gasteiger partial charge in [0.25, 0.3) is 0 Å². The highest BCUT2D eigenvalue weighted by molar-refractivity contribution is 5.81. The van der Waals surface area contributed by atoms with Crippen LogP contribution in [0.5, 0.6) is 0 Å². The van der Waals surface area contributed by atoms with Crippen molar-refractivity contribution in [1.82, 2.24) is 10.6 Å². The summed E-state index contributed by atoms with van der Waals surface area (Å²) in [7, 11) is 0. The number of nitrogens with one attached hydrogen (secondary N) is 2. The molecule has 0 aliphatic heterocycles. The van der Waals surface area contributed by atoms with Crippen LogP contribution in [-0.4, -0.2) is 35.5 Å². The highest BCUT2D eigenvalue weighted by Gasteiger charge is 2.45. The summed E-state index contributed by atoms with van der Waals surface area (Å²) in [5.74, 6) is -1.27. The van der Waals surface area contributed by atoms with E-state index < -0.39 is 11.4 Å². The maximum absolute atomic E-state index is 11.6. The Morgan fingerprint density at radius 2 is 2.06 bits per heavy atom. The van der Waals surface area contributed by atoms with Crippen LogP contribution < -0.4 is 10.6 Å². The molecule has 2 amide bonds. The molecule has 0 aromatic heterocycles. The summed E-state index contributed by atoms with van der Waals surface area (Å²) in [6.07, 6.45) is 2.25. The van der Waals surface area contributed by atoms with Gasteiger partial charge in [-0.05, 0) is 19.8 Å². The minimum atomic E-state index is -0.871. The minimum Gasteiger partial charge on any atom is -0.481 e. The Morgan fingerprint density at radius 1 is 1.39 bits per heavy atom. The highest BCUT2D eigenvalue weighted by Crippen LogP contribution is 2.38. The topological polar surface area (TPSA) is 95.5 Å². The molecule has 18 heavy (non-hydrogen) atoms. The molecule has 1 saturated carbocycles. The molecule has 0 saturated heterocycles. The van der Waals surface area contributed by atoms with Crippen molar-refractivity contribution >= 4 is 17.8 Å². The van der Waals surface area contributed by atoms with Crippen LogP contribution in [0.15, 0.2) is 0 Å². The van der Waals surface area contributed by atoms with Gasteiger partial charge in [0.05, 0.1) is 5.41 Å². The second-order valence-electron chi connectivity index (χ2n) is 4.97. The first kappa shape index (κ1) is 14.5. The van der Waals surface area contributed by atoms with Crippen LogP contribution in [0.3, 0.4) is 0 Å². The first-order valence-electron chi connectivity index (χ1n) is 6.13. The summed E-state index contributed by atoms with van der Waals surface area (Å²) in [5.41, 5.74) is -0.871. The van der Waals surface area contributed by atoms with Gasteiger partial charge in [-0.1, -0.05) is 6.42 Å². The molecule has 1 aliphatic rings. The first-order valence-corrected chi connectivity index (χ1v) is 6.13. The molecule has 6 heteroatoms. The van der Waals surface area contributed by atoms with Gasteiger partial charge >= 0.3 is 5.97 Å². The van der Waals surface area contributed by atoms with Crippen LogP contribution in [0.1, 0.15) is 39.5 Å². The maximum Gasteiger partial charge on any atom is 0.311 e. The number of aliphatic carboxylic acids is 1. The number of hydrogen-bond donors (Lipinski definition) is 3. The Labute approximate surface area is 106 Å². The summed E-state index contributed by atoms with van der Waals surface area (Å²) in [6, 6.07) is -0.320. The van der Waals surface area contributed by atoms with Crippen LogP contribution in [0.2, 0.25) is 0 Å². The van der Waals surface area contributed by atoms with E-state index in [1.54, 1.807) is 6.92 Å². The van der Waals surface area contributed by atoms with Gasteiger partial charge in [0.1, 0.15) is 0 Å². The molecule has 102 valence electrons. The molecule has 1 rings (SSSR count). The number of hydrogen-bond acceptors (Lipinski definition) is 3. The van der Waals surface area contributed by atoms with Crippen molar-refractivity contribution in [2.45, 2.75) is 45.6 Å². The number of carboxylic acids is 1. The Morgan fingerprint density at radius 3 is 2.61 bits per heavy atom. The van der Waals surface area contributed by atoms with E-state index in [0.29, 0.717) is 12.8 Å². The van der Waals surface area contributed by atoms with Crippen molar-refractivity contribution in [3.8, 4) is 0 Å². The highest BCUT2D eigenvalue weighted by atomic mass is 16.4. The largest absolute Gasteiger partial charge is 0.481 e. The summed E-state index contributed by atoms with van der Waals surface area (Å²) in [5, 5.41) is 14.5. The molecule has 1 aliphatic carbocycles. The summed E-state index contributed by atoms with van der Waals surface area (Å²) >= 11 is 0. The predicted octanol–water partition coefficient (Wildman–Crippen LogP) is 0.272. The number of carbonyl (C=O) groups is 3. The third-order valence-corrected chi connectivity index (χ3v) is 3.51. The van der Waals surface area contributed by atoms with E-state index in [9.17, 15) is 19.5 Å². The molecule has 2 atom stereocenters. The number of carbonyl (C=O) groups excluding carboxylic acids is 2. The first-order chi connectivity index (χ1) is 8.36. The Balaban J connectivity index is 2.44. The molecule has 0 bridgehead atoms. The van der Waals surface area contributed by atoms with E-state index in [0.717, 1.165) is 6.42 Å². The van der Waals surface area contributed by atoms with E-state index in [-0.39, 0.29) is 30.8 Å². The van der Waals surface area contributed by atoms with Crippen LogP contribution >= 0.6 is 0 Å². The van der Waals surface area contributed by atoms with E-state index in [1.165, 1.54) is 6.92 Å². The molecule has 6 nitrogen and oxygen atoms in total. The van der Waals surface area contributed by atoms with Gasteiger partial charge in [-0.25, -0.2) is 0 Å². The molecule has 0 heterocycles. The van der Waals surface area contributed by atoms with Crippen molar-refractivity contribution in [3.05, 3.63) is 0 Å². The lowest BCUT2D eigenvalue weighted by Crippen LogP contribution is -2.47. The smallest absolute Gasteiger partial charge is 0.311 e. The van der Waals surface area contributed by atoms with Crippen LogP contribution in [0.4, 0.5) is 0 Å². The van der Waals surface area contributed by atoms with E-state index in [1.807, 2.05) is 0 Å². The minimum absolute atomic E-state index is 0.172. The Bertz CT molecular complexity index is 356. The van der Waals surface area contributed by atoms with Gasteiger partial charge in [-0.2, -0.15) is 0 Å². The number of carboxylic acid groups (broad SMARTS) is 1. The number of amides is 2. The average Bonchev–Trinajstić information content (AvgIpc) is 2.61. The molecule has 0 spiro atoms. The molecular formula is C12H20N2O4. The van der Waals surface area contributed by atoms with Crippen molar-refractivity contribution in [3.63, 3.8) is 0 Å². The van der Waals surface area contributed by atoms with E-state index in [2.05, 4.69) is 10.6 Å². The van der Waals surface area contributed by atoms with Crippen molar-refractivity contribution in [2.75, 3.05) is 6.54 Å². The van der Waals surface area contributed by atoms with Gasteiger partial charge < -0.3 is 15.7 Å². The third-order valence-electron chi connectivity index (χ3n) is 3.51. The zero-order chi connectivity index (χ0) is 13.8. The van der Waals surface area contributed by atoms with E-state index in [4.69, 9.17) is 0 Å². The van der Waals surface area contributed by atoms with Crippen LogP contribution in [0.25, 0.3) is 0 Å². The zero-order valence-corrected chi connectivity index (χ0v) is 10.8. The lowest BCUT2D eigenvalue weighted by atomic mass is 9.85. The summed E-state index contributed by atoms with van der Waals surface area (Å²) in [4.78, 5) is 33.5. The van der Waals surface area contributed by atoms with Crippen molar-refractivity contribution < 1.29 is 19.5 Å². The zero-order valence-electron chi connectivity index (χ0n) is 10.8. The van der Waals surface area contributed by atoms with Gasteiger partial charge in [0.2, 0.25) is 11.8 Å². The quantitative estimate of drug-likeness (QED) is 0.658. The fraction of sp³-hybridized carbons (Fsp3) is 0.750. The molecule has 0 aromatic carbocycles. The van der Waals surface area contributed by atoms with E-state index >= 15 is 0 Å². The molecule has 0 aromatic rings. The fourth-order valence-corrected chi connectivity index (χ4v) is 2.27.